The molecule has 2 heterocycles. The Bertz CT molecular complexity index is 76.4. The lowest BCUT2D eigenvalue weighted by Gasteiger charge is -2.00. The first-order valence-corrected chi connectivity index (χ1v) is 3.06. The minimum absolute atomic E-state index is 0.454. The Kier molecular flexibility index (Phi) is 0.997. The van der Waals surface area contributed by atoms with E-state index < -0.39 is 0 Å². The SMILES string of the molecule is C1NCC2ONCC12. The summed E-state index contributed by atoms with van der Waals surface area (Å²) < 4.78 is 0. The van der Waals surface area contributed by atoms with Crippen molar-refractivity contribution < 1.29 is 4.84 Å². The molecule has 0 aromatic rings. The molecule has 3 heteroatoms. The van der Waals surface area contributed by atoms with Crippen LogP contribution in [0.1, 0.15) is 0 Å². The maximum Gasteiger partial charge on any atom is 0.0967 e. The first-order valence-electron chi connectivity index (χ1n) is 3.06. The molecule has 0 amide bonds. The van der Waals surface area contributed by atoms with E-state index >= 15 is 0 Å². The first-order chi connectivity index (χ1) is 3.97. The quantitative estimate of drug-likeness (QED) is 0.428. The van der Waals surface area contributed by atoms with E-state index in [0.29, 0.717) is 6.10 Å². The van der Waals surface area contributed by atoms with E-state index in [1.807, 2.05) is 0 Å². The average Bonchev–Trinajstić information content (AvgIpc) is 2.15. The van der Waals surface area contributed by atoms with E-state index in [-0.39, 0.29) is 0 Å². The molecule has 0 aromatic heterocycles. The van der Waals surface area contributed by atoms with Gasteiger partial charge in [-0.15, -0.1) is 0 Å². The summed E-state index contributed by atoms with van der Waals surface area (Å²) in [6, 6.07) is 0. The molecular formula is C5H10N2O. The molecule has 0 aliphatic carbocycles. The molecule has 0 radical (unpaired) electrons. The van der Waals surface area contributed by atoms with Crippen molar-refractivity contribution in [2.75, 3.05) is 19.6 Å². The van der Waals surface area contributed by atoms with Crippen LogP contribution in [0.2, 0.25) is 0 Å². The van der Waals surface area contributed by atoms with Gasteiger partial charge in [0.25, 0.3) is 0 Å². The molecule has 2 aliphatic heterocycles. The molecule has 46 valence electrons. The number of hydrogen-bond donors (Lipinski definition) is 2. The second-order valence-corrected chi connectivity index (χ2v) is 2.42. The second kappa shape index (κ2) is 1.69. The van der Waals surface area contributed by atoms with E-state index in [2.05, 4.69) is 10.8 Å². The van der Waals surface area contributed by atoms with Crippen molar-refractivity contribution in [2.45, 2.75) is 6.10 Å². The normalized spacial score (nSPS) is 45.0. The predicted molar refractivity (Wildman–Crippen MR) is 29.2 cm³/mol. The van der Waals surface area contributed by atoms with E-state index in [9.17, 15) is 0 Å². The van der Waals surface area contributed by atoms with Gasteiger partial charge in [-0.25, -0.2) is 5.48 Å². The predicted octanol–water partition coefficient (Wildman–Crippen LogP) is -0.891. The summed E-state index contributed by atoms with van der Waals surface area (Å²) in [5, 5.41) is 3.26. The van der Waals surface area contributed by atoms with Gasteiger partial charge in [-0.05, 0) is 0 Å². The fourth-order valence-corrected chi connectivity index (χ4v) is 1.31. The molecule has 2 saturated heterocycles. The van der Waals surface area contributed by atoms with Crippen LogP contribution >= 0.6 is 0 Å². The fraction of sp³-hybridized carbons (Fsp3) is 1.00. The minimum Gasteiger partial charge on any atom is -0.314 e. The van der Waals surface area contributed by atoms with Gasteiger partial charge in [-0.1, -0.05) is 0 Å². The van der Waals surface area contributed by atoms with E-state index in [1.165, 1.54) is 0 Å². The van der Waals surface area contributed by atoms with Gasteiger partial charge in [0.15, 0.2) is 0 Å². The van der Waals surface area contributed by atoms with Gasteiger partial charge in [0, 0.05) is 25.6 Å². The Hall–Kier alpha value is -0.120. The molecule has 0 bridgehead atoms. The highest BCUT2D eigenvalue weighted by Gasteiger charge is 2.32. The summed E-state index contributed by atoms with van der Waals surface area (Å²) in [6.45, 7) is 3.17. The van der Waals surface area contributed by atoms with Crippen LogP contribution < -0.4 is 10.8 Å². The van der Waals surface area contributed by atoms with Crippen molar-refractivity contribution in [3.8, 4) is 0 Å². The van der Waals surface area contributed by atoms with Crippen molar-refractivity contribution in [1.29, 1.82) is 0 Å². The molecule has 8 heavy (non-hydrogen) atoms. The highest BCUT2D eigenvalue weighted by atomic mass is 16.7. The monoisotopic (exact) mass is 114 g/mol. The Morgan fingerprint density at radius 1 is 1.25 bits per heavy atom. The number of hydrogen-bond acceptors (Lipinski definition) is 3. The van der Waals surface area contributed by atoms with E-state index in [4.69, 9.17) is 4.84 Å². The summed E-state index contributed by atoms with van der Waals surface area (Å²) in [7, 11) is 0. The van der Waals surface area contributed by atoms with Crippen LogP contribution in [-0.4, -0.2) is 25.7 Å². The van der Waals surface area contributed by atoms with Gasteiger partial charge in [-0.2, -0.15) is 0 Å². The van der Waals surface area contributed by atoms with Crippen LogP contribution in [0.15, 0.2) is 0 Å². The Morgan fingerprint density at radius 3 is 3.12 bits per heavy atom. The summed E-state index contributed by atoms with van der Waals surface area (Å²) in [4.78, 5) is 5.16. The molecule has 2 N–H and O–H groups in total. The standard InChI is InChI=1S/C5H10N2O/c1-4-2-7-8-5(4)3-6-1/h4-7H,1-3H2. The number of nitrogens with one attached hydrogen (secondary N) is 2. The molecule has 2 aliphatic rings. The lowest BCUT2D eigenvalue weighted by molar-refractivity contribution is 0.0371. The molecule has 2 unspecified atom stereocenters. The number of hydroxylamine groups is 1. The molecule has 2 atom stereocenters. The molecule has 0 saturated carbocycles. The molecule has 2 rings (SSSR count). The van der Waals surface area contributed by atoms with Crippen molar-refractivity contribution >= 4 is 0 Å². The minimum atomic E-state index is 0.454. The van der Waals surface area contributed by atoms with Gasteiger partial charge < -0.3 is 5.32 Å². The fourth-order valence-electron chi connectivity index (χ4n) is 1.31. The van der Waals surface area contributed by atoms with Crippen LogP contribution in [-0.2, 0) is 4.84 Å². The topological polar surface area (TPSA) is 33.3 Å². The smallest absolute Gasteiger partial charge is 0.0967 e. The summed E-state index contributed by atoms with van der Waals surface area (Å²) >= 11 is 0. The summed E-state index contributed by atoms with van der Waals surface area (Å²) in [6.07, 6.45) is 0.454. The molecule has 0 spiro atoms. The van der Waals surface area contributed by atoms with Gasteiger partial charge >= 0.3 is 0 Å². The lowest BCUT2D eigenvalue weighted by atomic mass is 10.1. The van der Waals surface area contributed by atoms with E-state index in [0.717, 1.165) is 25.6 Å². The third kappa shape index (κ3) is 0.555. The van der Waals surface area contributed by atoms with Gasteiger partial charge in [-0.3, -0.25) is 4.84 Å². The number of fused-ring (bicyclic) bond motifs is 1. The zero-order chi connectivity index (χ0) is 5.40. The van der Waals surface area contributed by atoms with Crippen LogP contribution in [0.5, 0.6) is 0 Å². The van der Waals surface area contributed by atoms with Gasteiger partial charge in [0.2, 0.25) is 0 Å². The number of rotatable bonds is 0. The lowest BCUT2D eigenvalue weighted by Crippen LogP contribution is -2.18. The van der Waals surface area contributed by atoms with Crippen LogP contribution in [0, 0.1) is 5.92 Å². The first kappa shape index (κ1) is 4.73. The van der Waals surface area contributed by atoms with Crippen molar-refractivity contribution in [1.82, 2.24) is 10.8 Å². The zero-order valence-corrected chi connectivity index (χ0v) is 4.68. The third-order valence-electron chi connectivity index (χ3n) is 1.86. The molecule has 3 nitrogen and oxygen atoms in total. The molecular weight excluding hydrogens is 104 g/mol. The van der Waals surface area contributed by atoms with Crippen molar-refractivity contribution in [2.24, 2.45) is 5.92 Å². The average molecular weight is 114 g/mol. The van der Waals surface area contributed by atoms with Crippen LogP contribution in [0.25, 0.3) is 0 Å². The highest BCUT2D eigenvalue weighted by molar-refractivity contribution is 4.85. The van der Waals surface area contributed by atoms with Crippen LogP contribution in [0.4, 0.5) is 0 Å². The van der Waals surface area contributed by atoms with Crippen molar-refractivity contribution in [3.05, 3.63) is 0 Å². The Labute approximate surface area is 48.4 Å². The Morgan fingerprint density at radius 2 is 2.25 bits per heavy atom. The summed E-state index contributed by atoms with van der Waals surface area (Å²) in [5.74, 6) is 0.731. The van der Waals surface area contributed by atoms with Crippen molar-refractivity contribution in [3.63, 3.8) is 0 Å². The molecule has 0 aromatic carbocycles. The Balaban J connectivity index is 2.04. The largest absolute Gasteiger partial charge is 0.314 e. The zero-order valence-electron chi connectivity index (χ0n) is 4.68. The third-order valence-corrected chi connectivity index (χ3v) is 1.86. The highest BCUT2D eigenvalue weighted by Crippen LogP contribution is 2.15. The maximum atomic E-state index is 5.16. The van der Waals surface area contributed by atoms with Gasteiger partial charge in [0.1, 0.15) is 0 Å². The summed E-state index contributed by atoms with van der Waals surface area (Å²) in [5.41, 5.74) is 2.88. The second-order valence-electron chi connectivity index (χ2n) is 2.42. The maximum absolute atomic E-state index is 5.16. The molecule has 2 fully saturated rings. The van der Waals surface area contributed by atoms with E-state index in [1.54, 1.807) is 0 Å². The van der Waals surface area contributed by atoms with Gasteiger partial charge in [0.05, 0.1) is 6.10 Å². The van der Waals surface area contributed by atoms with Crippen LogP contribution in [0.3, 0.4) is 0 Å².